The number of aliphatic hydroxyl groups is 1. The summed E-state index contributed by atoms with van der Waals surface area (Å²) in [5.74, 6) is 2.48. The van der Waals surface area contributed by atoms with E-state index in [4.69, 9.17) is 14.5 Å². The van der Waals surface area contributed by atoms with Crippen LogP contribution < -0.4 is 4.74 Å². The quantitative estimate of drug-likeness (QED) is 0.755. The van der Waals surface area contributed by atoms with E-state index in [0.29, 0.717) is 25.4 Å². The summed E-state index contributed by atoms with van der Waals surface area (Å²) in [6.45, 7) is 7.54. The second-order valence-electron chi connectivity index (χ2n) is 7.20. The molecule has 1 aromatic heterocycles. The maximum atomic E-state index is 9.38. The van der Waals surface area contributed by atoms with Gasteiger partial charge in [0.05, 0.1) is 33.0 Å². The van der Waals surface area contributed by atoms with Crippen LogP contribution in [0.5, 0.6) is 5.75 Å². The van der Waals surface area contributed by atoms with Gasteiger partial charge in [-0.1, -0.05) is 12.1 Å². The van der Waals surface area contributed by atoms with Crippen LogP contribution in [0, 0.1) is 0 Å². The summed E-state index contributed by atoms with van der Waals surface area (Å²) in [6, 6.07) is 8.44. The third-order valence-corrected chi connectivity index (χ3v) is 4.94. The third-order valence-electron chi connectivity index (χ3n) is 4.94. The summed E-state index contributed by atoms with van der Waals surface area (Å²) in [5, 5.41) is 14.0. The number of ether oxygens (including phenoxy) is 2. The number of hydrogen-bond acceptors (Lipinski definition) is 6. The van der Waals surface area contributed by atoms with E-state index in [-0.39, 0.29) is 12.7 Å². The van der Waals surface area contributed by atoms with Crippen LogP contribution in [0.15, 0.2) is 24.3 Å². The molecule has 1 saturated heterocycles. The number of hydrogen-bond donors (Lipinski definition) is 1. The second kappa shape index (κ2) is 9.30. The molecule has 1 aromatic carbocycles. The van der Waals surface area contributed by atoms with Crippen LogP contribution in [0.3, 0.4) is 0 Å². The molecule has 1 fully saturated rings. The SMILES string of the molecule is COc1ccc(Cc2nc(C[C@H]3CN(C(C)C)CCO3)n(CCO)n2)cc1. The van der Waals surface area contributed by atoms with Crippen molar-refractivity contribution in [3.05, 3.63) is 41.5 Å². The van der Waals surface area contributed by atoms with Crippen molar-refractivity contribution in [1.82, 2.24) is 19.7 Å². The van der Waals surface area contributed by atoms with Crippen LogP contribution in [0.25, 0.3) is 0 Å². The van der Waals surface area contributed by atoms with Gasteiger partial charge in [0.2, 0.25) is 0 Å². The molecule has 0 aliphatic carbocycles. The number of aromatic nitrogens is 3. The molecule has 1 atom stereocenters. The Morgan fingerprint density at radius 1 is 1.30 bits per heavy atom. The lowest BCUT2D eigenvalue weighted by Gasteiger charge is -2.35. The van der Waals surface area contributed by atoms with E-state index >= 15 is 0 Å². The number of rotatable bonds is 8. The Morgan fingerprint density at radius 3 is 2.74 bits per heavy atom. The first kappa shape index (κ1) is 19.8. The van der Waals surface area contributed by atoms with E-state index in [1.54, 1.807) is 7.11 Å². The Morgan fingerprint density at radius 2 is 2.07 bits per heavy atom. The van der Waals surface area contributed by atoms with Gasteiger partial charge in [0.1, 0.15) is 11.6 Å². The molecule has 27 heavy (non-hydrogen) atoms. The summed E-state index contributed by atoms with van der Waals surface area (Å²) in [4.78, 5) is 7.17. The molecule has 7 heteroatoms. The van der Waals surface area contributed by atoms with Crippen molar-refractivity contribution in [2.75, 3.05) is 33.4 Å². The van der Waals surface area contributed by atoms with Gasteiger partial charge < -0.3 is 14.6 Å². The van der Waals surface area contributed by atoms with Crippen LogP contribution >= 0.6 is 0 Å². The number of aliphatic hydroxyl groups excluding tert-OH is 1. The Labute approximate surface area is 160 Å². The molecule has 1 aliphatic rings. The molecule has 7 nitrogen and oxygen atoms in total. The zero-order valence-electron chi connectivity index (χ0n) is 16.5. The maximum Gasteiger partial charge on any atom is 0.155 e. The molecule has 0 spiro atoms. The molecule has 1 aliphatic heterocycles. The summed E-state index contributed by atoms with van der Waals surface area (Å²) < 4.78 is 13.0. The Balaban J connectivity index is 1.70. The molecule has 3 rings (SSSR count). The minimum Gasteiger partial charge on any atom is -0.497 e. The zero-order chi connectivity index (χ0) is 19.2. The smallest absolute Gasteiger partial charge is 0.155 e. The van der Waals surface area contributed by atoms with Crippen LogP contribution in [0.2, 0.25) is 0 Å². The summed E-state index contributed by atoms with van der Waals surface area (Å²) in [7, 11) is 1.66. The predicted octanol–water partition coefficient (Wildman–Crippen LogP) is 1.52. The van der Waals surface area contributed by atoms with E-state index in [0.717, 1.165) is 42.7 Å². The first-order chi connectivity index (χ1) is 13.1. The Bertz CT molecular complexity index is 715. The summed E-state index contributed by atoms with van der Waals surface area (Å²) >= 11 is 0. The van der Waals surface area contributed by atoms with Crippen molar-refractivity contribution in [3.63, 3.8) is 0 Å². The number of benzene rings is 1. The number of nitrogens with zero attached hydrogens (tertiary/aromatic N) is 4. The highest BCUT2D eigenvalue weighted by molar-refractivity contribution is 5.28. The average molecular weight is 374 g/mol. The highest BCUT2D eigenvalue weighted by Crippen LogP contribution is 2.16. The van der Waals surface area contributed by atoms with E-state index < -0.39 is 0 Å². The van der Waals surface area contributed by atoms with Crippen molar-refractivity contribution in [2.24, 2.45) is 0 Å². The minimum atomic E-state index is 0.0436. The van der Waals surface area contributed by atoms with E-state index in [1.165, 1.54) is 0 Å². The van der Waals surface area contributed by atoms with Crippen molar-refractivity contribution in [1.29, 1.82) is 0 Å². The normalized spacial score (nSPS) is 18.2. The van der Waals surface area contributed by atoms with E-state index in [9.17, 15) is 5.11 Å². The van der Waals surface area contributed by atoms with Crippen molar-refractivity contribution in [3.8, 4) is 5.75 Å². The van der Waals surface area contributed by atoms with Gasteiger partial charge in [-0.25, -0.2) is 9.67 Å². The molecule has 2 aromatic rings. The third kappa shape index (κ3) is 5.28. The zero-order valence-corrected chi connectivity index (χ0v) is 16.5. The van der Waals surface area contributed by atoms with Gasteiger partial charge in [-0.2, -0.15) is 5.10 Å². The molecule has 0 bridgehead atoms. The Hall–Kier alpha value is -1.96. The van der Waals surface area contributed by atoms with Gasteiger partial charge in [-0.15, -0.1) is 0 Å². The lowest BCUT2D eigenvalue weighted by Crippen LogP contribution is -2.46. The molecule has 1 N–H and O–H groups in total. The average Bonchev–Trinajstić information content (AvgIpc) is 3.04. The van der Waals surface area contributed by atoms with Gasteiger partial charge in [-0.05, 0) is 31.5 Å². The van der Waals surface area contributed by atoms with Crippen molar-refractivity contribution in [2.45, 2.75) is 45.4 Å². The largest absolute Gasteiger partial charge is 0.497 e. The minimum absolute atomic E-state index is 0.0436. The van der Waals surface area contributed by atoms with E-state index in [2.05, 4.69) is 23.8 Å². The lowest BCUT2D eigenvalue weighted by atomic mass is 10.1. The highest BCUT2D eigenvalue weighted by atomic mass is 16.5. The molecule has 0 radical (unpaired) electrons. The van der Waals surface area contributed by atoms with Crippen LogP contribution in [0.1, 0.15) is 31.1 Å². The van der Waals surface area contributed by atoms with Crippen LogP contribution in [0.4, 0.5) is 0 Å². The van der Waals surface area contributed by atoms with Gasteiger partial charge in [0, 0.05) is 32.0 Å². The van der Waals surface area contributed by atoms with E-state index in [1.807, 2.05) is 28.9 Å². The predicted molar refractivity (Wildman–Crippen MR) is 103 cm³/mol. The molecule has 148 valence electrons. The van der Waals surface area contributed by atoms with Gasteiger partial charge in [0.15, 0.2) is 5.82 Å². The molecule has 0 saturated carbocycles. The summed E-state index contributed by atoms with van der Waals surface area (Å²) in [5.41, 5.74) is 1.13. The fourth-order valence-corrected chi connectivity index (χ4v) is 3.39. The molecular formula is C20H30N4O3. The standard InChI is InChI=1S/C20H30N4O3/c1-15(2)23-9-11-27-18(14-23)13-20-21-19(22-24(20)8-10-25)12-16-4-6-17(26-3)7-5-16/h4-7,15,18,25H,8-14H2,1-3H3/t18-/m0/s1. The second-order valence-corrected chi connectivity index (χ2v) is 7.20. The number of morpholine rings is 1. The fraction of sp³-hybridized carbons (Fsp3) is 0.600. The van der Waals surface area contributed by atoms with Crippen LogP contribution in [-0.4, -0.2) is 70.3 Å². The molecule has 2 heterocycles. The Kier molecular flexibility index (Phi) is 6.82. The van der Waals surface area contributed by atoms with Crippen LogP contribution in [-0.2, 0) is 24.1 Å². The monoisotopic (exact) mass is 374 g/mol. The maximum absolute atomic E-state index is 9.38. The first-order valence-corrected chi connectivity index (χ1v) is 9.61. The van der Waals surface area contributed by atoms with Gasteiger partial charge >= 0.3 is 0 Å². The van der Waals surface area contributed by atoms with Gasteiger partial charge in [-0.3, -0.25) is 4.90 Å². The van der Waals surface area contributed by atoms with Gasteiger partial charge in [0.25, 0.3) is 0 Å². The lowest BCUT2D eigenvalue weighted by molar-refractivity contribution is -0.0390. The number of methoxy groups -OCH3 is 1. The topological polar surface area (TPSA) is 72.6 Å². The first-order valence-electron chi connectivity index (χ1n) is 9.61. The van der Waals surface area contributed by atoms with Crippen molar-refractivity contribution >= 4 is 0 Å². The molecular weight excluding hydrogens is 344 g/mol. The highest BCUT2D eigenvalue weighted by Gasteiger charge is 2.24. The molecule has 0 amide bonds. The molecule has 0 unspecified atom stereocenters. The fourth-order valence-electron chi connectivity index (χ4n) is 3.39. The van der Waals surface area contributed by atoms with Crippen molar-refractivity contribution < 1.29 is 14.6 Å². The summed E-state index contributed by atoms with van der Waals surface area (Å²) in [6.07, 6.45) is 1.47.